The molecular formula is C14H21NO3S. The van der Waals surface area contributed by atoms with Gasteiger partial charge in [-0.15, -0.1) is 0 Å². The Morgan fingerprint density at radius 2 is 1.79 bits per heavy atom. The molecule has 19 heavy (non-hydrogen) atoms. The average Bonchev–Trinajstić information content (AvgIpc) is 2.31. The van der Waals surface area contributed by atoms with Crippen LogP contribution in [0.1, 0.15) is 24.5 Å². The molecule has 1 heterocycles. The highest BCUT2D eigenvalue weighted by Crippen LogP contribution is 2.25. The smallest absolute Gasteiger partial charge is 0.243 e. The van der Waals surface area contributed by atoms with Crippen LogP contribution in [0.15, 0.2) is 23.1 Å². The molecule has 4 nitrogen and oxygen atoms in total. The largest absolute Gasteiger partial charge is 0.393 e. The highest BCUT2D eigenvalue weighted by atomic mass is 32.2. The van der Waals surface area contributed by atoms with Gasteiger partial charge in [-0.3, -0.25) is 0 Å². The summed E-state index contributed by atoms with van der Waals surface area (Å²) in [4.78, 5) is 0.355. The number of sulfonamides is 1. The molecule has 1 aliphatic heterocycles. The van der Waals surface area contributed by atoms with Crippen LogP contribution in [0, 0.1) is 19.8 Å². The number of hydrogen-bond acceptors (Lipinski definition) is 3. The molecule has 0 aliphatic carbocycles. The van der Waals surface area contributed by atoms with E-state index in [1.165, 1.54) is 4.31 Å². The quantitative estimate of drug-likeness (QED) is 0.898. The Morgan fingerprint density at radius 3 is 2.32 bits per heavy atom. The first kappa shape index (κ1) is 14.5. The molecule has 1 saturated heterocycles. The number of nitrogens with zero attached hydrogens (tertiary/aromatic N) is 1. The Bertz CT molecular complexity index is 548. The fourth-order valence-corrected chi connectivity index (χ4v) is 4.29. The van der Waals surface area contributed by atoms with Gasteiger partial charge in [0.2, 0.25) is 10.0 Å². The standard InChI is InChI=1S/C14H21NO3S/c1-10-6-11(2)8-13(7-10)19(17,18)15-5-4-14(16)12(3)9-15/h6-8,12,14,16H,4-5,9H2,1-3H3. The van der Waals surface area contributed by atoms with Crippen LogP contribution < -0.4 is 0 Å². The number of aliphatic hydroxyl groups is 1. The maximum Gasteiger partial charge on any atom is 0.243 e. The summed E-state index contributed by atoms with van der Waals surface area (Å²) in [5.41, 5.74) is 1.90. The van der Waals surface area contributed by atoms with Crippen molar-refractivity contribution in [3.63, 3.8) is 0 Å². The third kappa shape index (κ3) is 2.99. The minimum absolute atomic E-state index is 0.0190. The van der Waals surface area contributed by atoms with Gasteiger partial charge in [0.05, 0.1) is 11.0 Å². The minimum atomic E-state index is -3.44. The van der Waals surface area contributed by atoms with Gasteiger partial charge in [-0.1, -0.05) is 13.0 Å². The first-order chi connectivity index (χ1) is 8.80. The van der Waals surface area contributed by atoms with E-state index in [1.54, 1.807) is 12.1 Å². The maximum absolute atomic E-state index is 12.6. The number of aliphatic hydroxyl groups excluding tert-OH is 1. The van der Waals surface area contributed by atoms with Crippen LogP contribution in [-0.4, -0.2) is 37.0 Å². The number of aryl methyl sites for hydroxylation is 2. The summed E-state index contributed by atoms with van der Waals surface area (Å²) in [6, 6.07) is 5.37. The predicted octanol–water partition coefficient (Wildman–Crippen LogP) is 1.69. The van der Waals surface area contributed by atoms with E-state index in [-0.39, 0.29) is 5.92 Å². The van der Waals surface area contributed by atoms with E-state index < -0.39 is 16.1 Å². The zero-order chi connectivity index (χ0) is 14.2. The molecule has 1 aromatic rings. The Kier molecular flexibility index (Phi) is 3.99. The summed E-state index contributed by atoms with van der Waals surface area (Å²) in [6.45, 7) is 6.45. The molecule has 5 heteroatoms. The number of rotatable bonds is 2. The summed E-state index contributed by atoms with van der Waals surface area (Å²) >= 11 is 0. The van der Waals surface area contributed by atoms with Crippen LogP contribution in [0.4, 0.5) is 0 Å². The number of benzene rings is 1. The summed E-state index contributed by atoms with van der Waals surface area (Å²) in [5.74, 6) is -0.0190. The van der Waals surface area contributed by atoms with Gasteiger partial charge in [-0.25, -0.2) is 8.42 Å². The van der Waals surface area contributed by atoms with Gasteiger partial charge < -0.3 is 5.11 Å². The average molecular weight is 283 g/mol. The van der Waals surface area contributed by atoms with Crippen molar-refractivity contribution >= 4 is 10.0 Å². The van der Waals surface area contributed by atoms with E-state index in [9.17, 15) is 13.5 Å². The number of piperidine rings is 1. The fraction of sp³-hybridized carbons (Fsp3) is 0.571. The zero-order valence-electron chi connectivity index (χ0n) is 11.6. The van der Waals surface area contributed by atoms with Gasteiger partial charge in [0.25, 0.3) is 0 Å². The second-order valence-electron chi connectivity index (χ2n) is 5.52. The maximum atomic E-state index is 12.6. The van der Waals surface area contributed by atoms with Crippen molar-refractivity contribution in [2.45, 2.75) is 38.2 Å². The molecule has 0 bridgehead atoms. The van der Waals surface area contributed by atoms with E-state index in [4.69, 9.17) is 0 Å². The van der Waals surface area contributed by atoms with E-state index in [1.807, 2.05) is 26.8 Å². The van der Waals surface area contributed by atoms with E-state index in [2.05, 4.69) is 0 Å². The Morgan fingerprint density at radius 1 is 1.21 bits per heavy atom. The lowest BCUT2D eigenvalue weighted by Gasteiger charge is -2.33. The molecule has 2 atom stereocenters. The van der Waals surface area contributed by atoms with Crippen LogP contribution in [-0.2, 0) is 10.0 Å². The van der Waals surface area contributed by atoms with Crippen molar-refractivity contribution < 1.29 is 13.5 Å². The molecule has 1 fully saturated rings. The van der Waals surface area contributed by atoms with Gasteiger partial charge in [0.15, 0.2) is 0 Å². The SMILES string of the molecule is Cc1cc(C)cc(S(=O)(=O)N2CCC(O)C(C)C2)c1. The molecule has 1 N–H and O–H groups in total. The molecule has 2 rings (SSSR count). The minimum Gasteiger partial charge on any atom is -0.393 e. The first-order valence-corrected chi connectivity index (χ1v) is 8.01. The summed E-state index contributed by atoms with van der Waals surface area (Å²) in [6.07, 6.45) is 0.108. The highest BCUT2D eigenvalue weighted by molar-refractivity contribution is 7.89. The van der Waals surface area contributed by atoms with Gasteiger partial charge in [-0.2, -0.15) is 4.31 Å². The van der Waals surface area contributed by atoms with Gasteiger partial charge >= 0.3 is 0 Å². The van der Waals surface area contributed by atoms with Crippen molar-refractivity contribution in [1.29, 1.82) is 0 Å². The second-order valence-corrected chi connectivity index (χ2v) is 7.46. The summed E-state index contributed by atoms with van der Waals surface area (Å²) in [5, 5.41) is 9.70. The van der Waals surface area contributed by atoms with Crippen LogP contribution in [0.3, 0.4) is 0 Å². The normalized spacial score (nSPS) is 25.5. The van der Waals surface area contributed by atoms with Crippen molar-refractivity contribution in [1.82, 2.24) is 4.31 Å². The first-order valence-electron chi connectivity index (χ1n) is 6.57. The predicted molar refractivity (Wildman–Crippen MR) is 74.5 cm³/mol. The molecule has 0 radical (unpaired) electrons. The zero-order valence-corrected chi connectivity index (χ0v) is 12.4. The monoisotopic (exact) mass is 283 g/mol. The molecule has 0 saturated carbocycles. The molecule has 0 aromatic heterocycles. The van der Waals surface area contributed by atoms with Gasteiger partial charge in [0, 0.05) is 13.1 Å². The number of hydrogen-bond donors (Lipinski definition) is 1. The van der Waals surface area contributed by atoms with Crippen molar-refractivity contribution in [2.75, 3.05) is 13.1 Å². The molecule has 0 spiro atoms. The Hall–Kier alpha value is -0.910. The molecule has 0 amide bonds. The Labute approximate surface area is 115 Å². The highest BCUT2D eigenvalue weighted by Gasteiger charge is 2.32. The summed E-state index contributed by atoms with van der Waals surface area (Å²) in [7, 11) is -3.44. The molecule has 1 aliphatic rings. The van der Waals surface area contributed by atoms with E-state index in [0.29, 0.717) is 24.4 Å². The van der Waals surface area contributed by atoms with Crippen LogP contribution in [0.25, 0.3) is 0 Å². The lowest BCUT2D eigenvalue weighted by Crippen LogP contribution is -2.44. The Balaban J connectivity index is 2.32. The van der Waals surface area contributed by atoms with Crippen LogP contribution in [0.2, 0.25) is 0 Å². The van der Waals surface area contributed by atoms with Crippen molar-refractivity contribution in [3.8, 4) is 0 Å². The van der Waals surface area contributed by atoms with Crippen molar-refractivity contribution in [3.05, 3.63) is 29.3 Å². The van der Waals surface area contributed by atoms with E-state index >= 15 is 0 Å². The van der Waals surface area contributed by atoms with E-state index in [0.717, 1.165) is 11.1 Å². The molecule has 106 valence electrons. The van der Waals surface area contributed by atoms with Gasteiger partial charge in [-0.05, 0) is 49.4 Å². The topological polar surface area (TPSA) is 57.6 Å². The summed E-state index contributed by atoms with van der Waals surface area (Å²) < 4.78 is 26.7. The van der Waals surface area contributed by atoms with Gasteiger partial charge in [0.1, 0.15) is 0 Å². The second kappa shape index (κ2) is 5.23. The lowest BCUT2D eigenvalue weighted by atomic mass is 9.99. The lowest BCUT2D eigenvalue weighted by molar-refractivity contribution is 0.0628. The van der Waals surface area contributed by atoms with Crippen LogP contribution in [0.5, 0.6) is 0 Å². The van der Waals surface area contributed by atoms with Crippen molar-refractivity contribution in [2.24, 2.45) is 5.92 Å². The fourth-order valence-electron chi connectivity index (χ4n) is 2.54. The molecule has 1 aromatic carbocycles. The van der Waals surface area contributed by atoms with Crippen LogP contribution >= 0.6 is 0 Å². The third-order valence-corrected chi connectivity index (χ3v) is 5.50. The molecular weight excluding hydrogens is 262 g/mol. The molecule has 2 unspecified atom stereocenters. The third-order valence-electron chi connectivity index (χ3n) is 3.66.